The van der Waals surface area contributed by atoms with Gasteiger partial charge in [0.05, 0.1) is 6.04 Å². The van der Waals surface area contributed by atoms with Crippen molar-refractivity contribution in [3.8, 4) is 0 Å². The summed E-state index contributed by atoms with van der Waals surface area (Å²) < 4.78 is 0. The maximum absolute atomic E-state index is 12.4. The number of piperazine rings is 1. The van der Waals surface area contributed by atoms with Gasteiger partial charge < -0.3 is 10.6 Å². The molecule has 0 bridgehead atoms. The van der Waals surface area contributed by atoms with Crippen molar-refractivity contribution in [2.24, 2.45) is 11.7 Å². The average molecular weight is 296 g/mol. The van der Waals surface area contributed by atoms with Crippen LogP contribution in [0.4, 0.5) is 0 Å². The lowest BCUT2D eigenvalue weighted by molar-refractivity contribution is 0.0618. The minimum Gasteiger partial charge on any atom is -0.335 e. The fraction of sp³-hybridized carbons (Fsp3) is 0.714. The molecule has 0 aromatic carbocycles. The summed E-state index contributed by atoms with van der Waals surface area (Å²) in [6.07, 6.45) is 0. The molecule has 1 atom stereocenters. The second-order valence-corrected chi connectivity index (χ2v) is 6.74. The molecule has 2 N–H and O–H groups in total. The maximum atomic E-state index is 12.4. The molecule has 5 nitrogen and oxygen atoms in total. The number of carbonyl (C=O) groups excluding carboxylic acids is 1. The van der Waals surface area contributed by atoms with Crippen LogP contribution in [0.25, 0.3) is 0 Å². The molecule has 6 heteroatoms. The summed E-state index contributed by atoms with van der Waals surface area (Å²) in [7, 11) is 0. The van der Waals surface area contributed by atoms with E-state index in [1.54, 1.807) is 0 Å². The van der Waals surface area contributed by atoms with Gasteiger partial charge >= 0.3 is 0 Å². The first kappa shape index (κ1) is 15.4. The van der Waals surface area contributed by atoms with Crippen LogP contribution in [0.2, 0.25) is 0 Å². The third-order valence-corrected chi connectivity index (χ3v) is 4.46. The monoisotopic (exact) mass is 296 g/mol. The van der Waals surface area contributed by atoms with Gasteiger partial charge in [0.1, 0.15) is 10.7 Å². The number of aromatic nitrogens is 1. The number of thiazole rings is 1. The zero-order valence-corrected chi connectivity index (χ0v) is 13.3. The molecule has 0 spiro atoms. The Hall–Kier alpha value is -0.980. The Labute approximate surface area is 124 Å². The SMILES string of the molecule is CC(C)CN1CCN(C(=O)c2csc(C(C)N)n2)CC1. The molecular weight excluding hydrogens is 272 g/mol. The van der Waals surface area contributed by atoms with E-state index in [-0.39, 0.29) is 11.9 Å². The fourth-order valence-electron chi connectivity index (χ4n) is 2.41. The molecule has 1 amide bonds. The minimum absolute atomic E-state index is 0.0392. The van der Waals surface area contributed by atoms with E-state index in [0.717, 1.165) is 37.7 Å². The number of nitrogens with zero attached hydrogens (tertiary/aromatic N) is 3. The number of rotatable bonds is 4. The molecule has 20 heavy (non-hydrogen) atoms. The molecule has 1 aliphatic heterocycles. The van der Waals surface area contributed by atoms with Crippen LogP contribution >= 0.6 is 11.3 Å². The lowest BCUT2D eigenvalue weighted by Gasteiger charge is -2.35. The van der Waals surface area contributed by atoms with Crippen molar-refractivity contribution in [1.29, 1.82) is 0 Å². The first-order chi connectivity index (χ1) is 9.47. The molecule has 1 saturated heterocycles. The van der Waals surface area contributed by atoms with Crippen LogP contribution in [0.3, 0.4) is 0 Å². The standard InChI is InChI=1S/C14H24N4OS/c1-10(2)8-17-4-6-18(7-5-17)14(19)12-9-20-13(16-12)11(3)15/h9-11H,4-8,15H2,1-3H3. The van der Waals surface area contributed by atoms with Gasteiger partial charge in [-0.3, -0.25) is 9.69 Å². The molecule has 1 unspecified atom stereocenters. The number of hydrogen-bond acceptors (Lipinski definition) is 5. The van der Waals surface area contributed by atoms with E-state index in [0.29, 0.717) is 11.6 Å². The largest absolute Gasteiger partial charge is 0.335 e. The number of nitrogens with two attached hydrogens (primary N) is 1. The molecule has 0 aliphatic carbocycles. The molecule has 1 aromatic rings. The van der Waals surface area contributed by atoms with Crippen molar-refractivity contribution in [3.05, 3.63) is 16.1 Å². The molecule has 1 aliphatic rings. The van der Waals surface area contributed by atoms with Crippen LogP contribution in [0.5, 0.6) is 0 Å². The molecule has 0 saturated carbocycles. The second-order valence-electron chi connectivity index (χ2n) is 5.85. The van der Waals surface area contributed by atoms with Gasteiger partial charge in [0, 0.05) is 38.1 Å². The highest BCUT2D eigenvalue weighted by Gasteiger charge is 2.24. The van der Waals surface area contributed by atoms with Crippen LogP contribution in [0.15, 0.2) is 5.38 Å². The summed E-state index contributed by atoms with van der Waals surface area (Å²) in [6, 6.07) is -0.107. The van der Waals surface area contributed by atoms with E-state index in [1.165, 1.54) is 11.3 Å². The van der Waals surface area contributed by atoms with Crippen LogP contribution in [0, 0.1) is 5.92 Å². The van der Waals surface area contributed by atoms with Gasteiger partial charge in [0.25, 0.3) is 5.91 Å². The van der Waals surface area contributed by atoms with E-state index in [1.807, 2.05) is 17.2 Å². The first-order valence-electron chi connectivity index (χ1n) is 7.20. The Kier molecular flexibility index (Phi) is 5.12. The topological polar surface area (TPSA) is 62.5 Å². The highest BCUT2D eigenvalue weighted by Crippen LogP contribution is 2.17. The highest BCUT2D eigenvalue weighted by molar-refractivity contribution is 7.09. The summed E-state index contributed by atoms with van der Waals surface area (Å²) in [4.78, 5) is 21.0. The van der Waals surface area contributed by atoms with Gasteiger partial charge in [-0.15, -0.1) is 11.3 Å². The van der Waals surface area contributed by atoms with Gasteiger partial charge in [-0.05, 0) is 12.8 Å². The smallest absolute Gasteiger partial charge is 0.273 e. The summed E-state index contributed by atoms with van der Waals surface area (Å²) in [5.74, 6) is 0.710. The van der Waals surface area contributed by atoms with Crippen LogP contribution in [-0.2, 0) is 0 Å². The van der Waals surface area contributed by atoms with E-state index in [9.17, 15) is 4.79 Å². The van der Waals surface area contributed by atoms with E-state index in [4.69, 9.17) is 5.73 Å². The minimum atomic E-state index is -0.107. The maximum Gasteiger partial charge on any atom is 0.273 e. The van der Waals surface area contributed by atoms with Crippen molar-refractivity contribution in [1.82, 2.24) is 14.8 Å². The Morgan fingerprint density at radius 1 is 1.35 bits per heavy atom. The summed E-state index contributed by atoms with van der Waals surface area (Å²) in [6.45, 7) is 10.9. The quantitative estimate of drug-likeness (QED) is 0.916. The molecule has 2 heterocycles. The Morgan fingerprint density at radius 2 is 2.00 bits per heavy atom. The van der Waals surface area contributed by atoms with Crippen LogP contribution in [-0.4, -0.2) is 53.4 Å². The number of amides is 1. The zero-order chi connectivity index (χ0) is 14.7. The van der Waals surface area contributed by atoms with Gasteiger partial charge in [0.15, 0.2) is 0 Å². The summed E-state index contributed by atoms with van der Waals surface area (Å²) >= 11 is 1.46. The molecule has 2 rings (SSSR count). The van der Waals surface area contributed by atoms with E-state index in [2.05, 4.69) is 23.7 Å². The van der Waals surface area contributed by atoms with Crippen molar-refractivity contribution in [2.75, 3.05) is 32.7 Å². The lowest BCUT2D eigenvalue weighted by Crippen LogP contribution is -2.49. The molecule has 0 radical (unpaired) electrons. The summed E-state index contributed by atoms with van der Waals surface area (Å²) in [5.41, 5.74) is 6.33. The molecule has 1 aromatic heterocycles. The van der Waals surface area contributed by atoms with Gasteiger partial charge in [-0.25, -0.2) is 4.98 Å². The third kappa shape index (κ3) is 3.77. The summed E-state index contributed by atoms with van der Waals surface area (Å²) in [5, 5.41) is 2.65. The van der Waals surface area contributed by atoms with Crippen LogP contribution in [0.1, 0.15) is 42.3 Å². The van der Waals surface area contributed by atoms with Gasteiger partial charge in [-0.1, -0.05) is 13.8 Å². The lowest BCUT2D eigenvalue weighted by atomic mass is 10.2. The van der Waals surface area contributed by atoms with Crippen molar-refractivity contribution in [2.45, 2.75) is 26.8 Å². The van der Waals surface area contributed by atoms with Gasteiger partial charge in [-0.2, -0.15) is 0 Å². The van der Waals surface area contributed by atoms with Crippen molar-refractivity contribution < 1.29 is 4.79 Å². The number of carbonyl (C=O) groups is 1. The Morgan fingerprint density at radius 3 is 2.50 bits per heavy atom. The zero-order valence-electron chi connectivity index (χ0n) is 12.5. The number of hydrogen-bond donors (Lipinski definition) is 1. The Bertz CT molecular complexity index is 450. The average Bonchev–Trinajstić information content (AvgIpc) is 2.88. The van der Waals surface area contributed by atoms with Gasteiger partial charge in [0.2, 0.25) is 0 Å². The predicted octanol–water partition coefficient (Wildman–Crippen LogP) is 1.58. The van der Waals surface area contributed by atoms with Crippen molar-refractivity contribution >= 4 is 17.2 Å². The fourth-order valence-corrected chi connectivity index (χ4v) is 3.16. The third-order valence-electron chi connectivity index (χ3n) is 3.41. The van der Waals surface area contributed by atoms with E-state index >= 15 is 0 Å². The normalized spacial score (nSPS) is 18.6. The second kappa shape index (κ2) is 6.65. The van der Waals surface area contributed by atoms with E-state index < -0.39 is 0 Å². The first-order valence-corrected chi connectivity index (χ1v) is 8.08. The molecular formula is C14H24N4OS. The highest BCUT2D eigenvalue weighted by atomic mass is 32.1. The van der Waals surface area contributed by atoms with Crippen LogP contribution < -0.4 is 5.73 Å². The molecule has 112 valence electrons. The molecule has 1 fully saturated rings. The Balaban J connectivity index is 1.91. The predicted molar refractivity (Wildman–Crippen MR) is 81.9 cm³/mol. The van der Waals surface area contributed by atoms with Crippen molar-refractivity contribution in [3.63, 3.8) is 0 Å².